The first-order valence-electron chi connectivity index (χ1n) is 8.34. The van der Waals surface area contributed by atoms with E-state index in [4.69, 9.17) is 11.6 Å². The summed E-state index contributed by atoms with van der Waals surface area (Å²) in [6.45, 7) is 2.56. The quantitative estimate of drug-likeness (QED) is 0.905. The third-order valence-electron chi connectivity index (χ3n) is 4.15. The molecular formula is C18H21ClN4O. The second-order valence-corrected chi connectivity index (χ2v) is 6.40. The highest BCUT2D eigenvalue weighted by Gasteiger charge is 2.14. The van der Waals surface area contributed by atoms with Gasteiger partial charge in [-0.3, -0.25) is 4.79 Å². The number of carbonyl (C=O) groups is 1. The first-order chi connectivity index (χ1) is 11.7. The molecule has 1 N–H and O–H groups in total. The van der Waals surface area contributed by atoms with Gasteiger partial charge in [0.25, 0.3) is 5.91 Å². The Morgan fingerprint density at radius 1 is 1.12 bits per heavy atom. The number of nitrogens with zero attached hydrogens (tertiary/aromatic N) is 3. The molecule has 3 rings (SSSR count). The van der Waals surface area contributed by atoms with Gasteiger partial charge in [0.1, 0.15) is 0 Å². The molecule has 0 unspecified atom stereocenters. The number of hydrogen-bond donors (Lipinski definition) is 1. The summed E-state index contributed by atoms with van der Waals surface area (Å²) in [6, 6.07) is 11.3. The fraction of sp³-hybridized carbons (Fsp3) is 0.389. The van der Waals surface area contributed by atoms with Crippen LogP contribution in [-0.4, -0.2) is 35.7 Å². The van der Waals surface area contributed by atoms with Gasteiger partial charge in [0.05, 0.1) is 0 Å². The Bertz CT molecular complexity index is 684. The van der Waals surface area contributed by atoms with Crippen molar-refractivity contribution in [2.75, 3.05) is 24.5 Å². The number of halogens is 1. The van der Waals surface area contributed by atoms with Crippen LogP contribution in [0.2, 0.25) is 5.02 Å². The molecule has 126 valence electrons. The van der Waals surface area contributed by atoms with Gasteiger partial charge in [-0.15, -0.1) is 10.2 Å². The summed E-state index contributed by atoms with van der Waals surface area (Å²) in [7, 11) is 0. The maximum Gasteiger partial charge on any atom is 0.271 e. The average molecular weight is 345 g/mol. The normalized spacial score (nSPS) is 14.5. The highest BCUT2D eigenvalue weighted by molar-refractivity contribution is 6.30. The number of rotatable bonds is 5. The van der Waals surface area contributed by atoms with Crippen LogP contribution in [0.4, 0.5) is 5.82 Å². The van der Waals surface area contributed by atoms with Gasteiger partial charge in [0.15, 0.2) is 11.5 Å². The van der Waals surface area contributed by atoms with E-state index in [1.54, 1.807) is 6.07 Å². The lowest BCUT2D eigenvalue weighted by Crippen LogP contribution is -2.31. The maximum absolute atomic E-state index is 12.1. The molecule has 0 bridgehead atoms. The molecule has 2 heterocycles. The number of piperidine rings is 1. The van der Waals surface area contributed by atoms with Crippen molar-refractivity contribution in [1.82, 2.24) is 15.5 Å². The zero-order valence-corrected chi connectivity index (χ0v) is 14.3. The largest absolute Gasteiger partial charge is 0.355 e. The van der Waals surface area contributed by atoms with Gasteiger partial charge >= 0.3 is 0 Å². The molecule has 1 aromatic heterocycles. The van der Waals surface area contributed by atoms with Crippen molar-refractivity contribution in [2.45, 2.75) is 25.7 Å². The Morgan fingerprint density at radius 2 is 1.96 bits per heavy atom. The highest BCUT2D eigenvalue weighted by Crippen LogP contribution is 2.16. The summed E-state index contributed by atoms with van der Waals surface area (Å²) in [6.07, 6.45) is 4.38. The Hall–Kier alpha value is -2.14. The van der Waals surface area contributed by atoms with Crippen LogP contribution in [0.15, 0.2) is 36.4 Å². The van der Waals surface area contributed by atoms with Crippen LogP contribution < -0.4 is 10.2 Å². The van der Waals surface area contributed by atoms with E-state index in [9.17, 15) is 4.79 Å². The van der Waals surface area contributed by atoms with Crippen molar-refractivity contribution in [3.05, 3.63) is 52.7 Å². The zero-order valence-electron chi connectivity index (χ0n) is 13.5. The fourth-order valence-corrected chi connectivity index (χ4v) is 3.05. The van der Waals surface area contributed by atoms with Crippen molar-refractivity contribution in [2.24, 2.45) is 0 Å². The molecule has 0 spiro atoms. The van der Waals surface area contributed by atoms with Crippen molar-refractivity contribution >= 4 is 23.3 Å². The Balaban J connectivity index is 1.51. The summed E-state index contributed by atoms with van der Waals surface area (Å²) in [5.74, 6) is 0.653. The topological polar surface area (TPSA) is 58.1 Å². The van der Waals surface area contributed by atoms with E-state index in [0.717, 1.165) is 30.9 Å². The van der Waals surface area contributed by atoms with Gasteiger partial charge in [-0.05, 0) is 55.5 Å². The smallest absolute Gasteiger partial charge is 0.271 e. The van der Waals surface area contributed by atoms with E-state index in [2.05, 4.69) is 20.4 Å². The molecule has 0 saturated carbocycles. The van der Waals surface area contributed by atoms with Gasteiger partial charge in [-0.25, -0.2) is 0 Å². The number of anilines is 1. The third-order valence-corrected chi connectivity index (χ3v) is 4.39. The van der Waals surface area contributed by atoms with Crippen molar-refractivity contribution in [3.8, 4) is 0 Å². The summed E-state index contributed by atoms with van der Waals surface area (Å²) in [5, 5.41) is 11.8. The van der Waals surface area contributed by atoms with Gasteiger partial charge in [0.2, 0.25) is 0 Å². The molecule has 0 aliphatic carbocycles. The van der Waals surface area contributed by atoms with Crippen LogP contribution in [0.5, 0.6) is 0 Å². The molecule has 2 aromatic rings. The SMILES string of the molecule is O=C(NCCc1cccc(Cl)c1)c1ccc(N2CCCCC2)nn1. The molecule has 1 aliphatic heterocycles. The summed E-state index contributed by atoms with van der Waals surface area (Å²) < 4.78 is 0. The van der Waals surface area contributed by atoms with E-state index < -0.39 is 0 Å². The molecule has 1 aromatic carbocycles. The van der Waals surface area contributed by atoms with E-state index in [0.29, 0.717) is 17.3 Å². The number of amides is 1. The molecule has 1 aliphatic rings. The molecule has 24 heavy (non-hydrogen) atoms. The fourth-order valence-electron chi connectivity index (χ4n) is 2.84. The van der Waals surface area contributed by atoms with Gasteiger partial charge in [-0.1, -0.05) is 23.7 Å². The van der Waals surface area contributed by atoms with E-state index in [1.165, 1.54) is 19.3 Å². The van der Waals surface area contributed by atoms with Crippen molar-refractivity contribution < 1.29 is 4.79 Å². The second-order valence-electron chi connectivity index (χ2n) is 5.96. The molecular weight excluding hydrogens is 324 g/mol. The molecule has 1 saturated heterocycles. The minimum atomic E-state index is -0.199. The number of hydrogen-bond acceptors (Lipinski definition) is 4. The molecule has 6 heteroatoms. The molecule has 5 nitrogen and oxygen atoms in total. The van der Waals surface area contributed by atoms with Crippen LogP contribution in [0.1, 0.15) is 35.3 Å². The maximum atomic E-state index is 12.1. The lowest BCUT2D eigenvalue weighted by atomic mass is 10.1. The Morgan fingerprint density at radius 3 is 2.67 bits per heavy atom. The molecule has 0 radical (unpaired) electrons. The third kappa shape index (κ3) is 4.45. The summed E-state index contributed by atoms with van der Waals surface area (Å²) in [5.41, 5.74) is 1.44. The second kappa shape index (κ2) is 8.11. The number of aromatic nitrogens is 2. The predicted molar refractivity (Wildman–Crippen MR) is 95.6 cm³/mol. The van der Waals surface area contributed by atoms with E-state index in [-0.39, 0.29) is 5.91 Å². The van der Waals surface area contributed by atoms with Crippen LogP contribution >= 0.6 is 11.6 Å². The van der Waals surface area contributed by atoms with Crippen molar-refractivity contribution in [3.63, 3.8) is 0 Å². The van der Waals surface area contributed by atoms with Gasteiger partial charge in [0, 0.05) is 24.7 Å². The standard InChI is InChI=1S/C18H21ClN4O/c19-15-6-4-5-14(13-15)9-10-20-18(24)16-7-8-17(22-21-16)23-11-2-1-3-12-23/h4-8,13H,1-3,9-12H2,(H,20,24). The zero-order chi connectivity index (χ0) is 16.8. The minimum absolute atomic E-state index is 0.199. The summed E-state index contributed by atoms with van der Waals surface area (Å²) in [4.78, 5) is 14.4. The predicted octanol–water partition coefficient (Wildman–Crippen LogP) is 3.09. The van der Waals surface area contributed by atoms with Gasteiger partial charge in [-0.2, -0.15) is 0 Å². The Kier molecular flexibility index (Phi) is 5.64. The minimum Gasteiger partial charge on any atom is -0.355 e. The van der Waals surface area contributed by atoms with Crippen LogP contribution in [0.3, 0.4) is 0 Å². The average Bonchev–Trinajstić information content (AvgIpc) is 2.63. The van der Waals surface area contributed by atoms with Crippen molar-refractivity contribution in [1.29, 1.82) is 0 Å². The van der Waals surface area contributed by atoms with Crippen LogP contribution in [-0.2, 0) is 6.42 Å². The van der Waals surface area contributed by atoms with Crippen LogP contribution in [0.25, 0.3) is 0 Å². The highest BCUT2D eigenvalue weighted by atomic mass is 35.5. The number of benzene rings is 1. The van der Waals surface area contributed by atoms with Crippen LogP contribution in [0, 0.1) is 0 Å². The Labute approximate surface area is 147 Å². The lowest BCUT2D eigenvalue weighted by Gasteiger charge is -2.27. The lowest BCUT2D eigenvalue weighted by molar-refractivity contribution is 0.0948. The first kappa shape index (κ1) is 16.7. The molecule has 1 fully saturated rings. The number of nitrogens with one attached hydrogen (secondary N) is 1. The monoisotopic (exact) mass is 344 g/mol. The number of carbonyl (C=O) groups excluding carboxylic acids is 1. The molecule has 0 atom stereocenters. The van der Waals surface area contributed by atoms with E-state index >= 15 is 0 Å². The molecule has 1 amide bonds. The van der Waals surface area contributed by atoms with Gasteiger partial charge < -0.3 is 10.2 Å². The summed E-state index contributed by atoms with van der Waals surface area (Å²) >= 11 is 5.95. The van der Waals surface area contributed by atoms with E-state index in [1.807, 2.05) is 30.3 Å². The first-order valence-corrected chi connectivity index (χ1v) is 8.71.